The SMILES string of the molecule is c1ccc(-c2nc(-c3cccc(-n4c5cc6ccccc6cc5c5cccc(-c6ccc7c(c6)sc6ccccc67)c54)c3)nc(-c3ccc4c(c3)oc3ccccc34)n2)cc1. The Morgan fingerprint density at radius 2 is 1.00 bits per heavy atom. The van der Waals surface area contributed by atoms with Gasteiger partial charge >= 0.3 is 0 Å². The first kappa shape index (κ1) is 34.0. The van der Waals surface area contributed by atoms with Gasteiger partial charge in [0.2, 0.25) is 0 Å². The third-order valence-corrected chi connectivity index (χ3v) is 13.1. The maximum absolute atomic E-state index is 6.30. The molecule has 0 unspecified atom stereocenters. The normalized spacial score (nSPS) is 11.9. The summed E-state index contributed by atoms with van der Waals surface area (Å²) in [6.45, 7) is 0. The zero-order valence-corrected chi connectivity index (χ0v) is 33.4. The van der Waals surface area contributed by atoms with Crippen LogP contribution in [0.15, 0.2) is 199 Å². The Morgan fingerprint density at radius 3 is 1.87 bits per heavy atom. The minimum Gasteiger partial charge on any atom is -0.456 e. The van der Waals surface area contributed by atoms with Crippen LogP contribution in [0.1, 0.15) is 0 Å². The van der Waals surface area contributed by atoms with E-state index < -0.39 is 0 Å². The van der Waals surface area contributed by atoms with Crippen LogP contribution in [0.3, 0.4) is 0 Å². The molecule has 61 heavy (non-hydrogen) atoms. The summed E-state index contributed by atoms with van der Waals surface area (Å²) in [5, 5.41) is 9.56. The molecule has 13 rings (SSSR count). The van der Waals surface area contributed by atoms with E-state index in [2.05, 4.69) is 144 Å². The fourth-order valence-corrected chi connectivity index (χ4v) is 10.3. The van der Waals surface area contributed by atoms with E-state index in [4.69, 9.17) is 19.4 Å². The molecule has 9 aromatic carbocycles. The summed E-state index contributed by atoms with van der Waals surface area (Å²) < 4.78 is 11.3. The van der Waals surface area contributed by atoms with Crippen LogP contribution < -0.4 is 0 Å². The highest BCUT2D eigenvalue weighted by molar-refractivity contribution is 7.25. The summed E-state index contributed by atoms with van der Waals surface area (Å²) in [7, 11) is 0. The first-order chi connectivity index (χ1) is 30.2. The van der Waals surface area contributed by atoms with Gasteiger partial charge in [-0.3, -0.25) is 0 Å². The van der Waals surface area contributed by atoms with Crippen molar-refractivity contribution in [2.24, 2.45) is 0 Å². The second-order valence-electron chi connectivity index (χ2n) is 15.6. The van der Waals surface area contributed by atoms with E-state index in [0.29, 0.717) is 17.5 Å². The quantitative estimate of drug-likeness (QED) is 0.174. The van der Waals surface area contributed by atoms with Crippen LogP contribution in [0.25, 0.3) is 126 Å². The van der Waals surface area contributed by atoms with E-state index in [1.807, 2.05) is 65.9 Å². The van der Waals surface area contributed by atoms with Crippen molar-refractivity contribution in [2.45, 2.75) is 0 Å². The minimum atomic E-state index is 0.582. The standard InChI is InChI=1S/C55H32N4OS/c1-2-12-33(13-3-1)53-56-54(58-55(57-53)38-25-26-42-41-18-6-8-22-48(41)60-49(42)31-38)37-16-10-17-39(28-37)59-47-30-35-15-5-4-14-34(35)29-46(47)45-21-11-20-40(52(45)59)36-24-27-44-43-19-7-9-23-50(43)61-51(44)32-36/h1-32H. The lowest BCUT2D eigenvalue weighted by Gasteiger charge is -2.14. The van der Waals surface area contributed by atoms with Gasteiger partial charge in [0.25, 0.3) is 0 Å². The lowest BCUT2D eigenvalue weighted by molar-refractivity contribution is 0.669. The molecule has 13 aromatic rings. The van der Waals surface area contributed by atoms with Crippen molar-refractivity contribution in [3.05, 3.63) is 194 Å². The Morgan fingerprint density at radius 1 is 0.377 bits per heavy atom. The molecule has 4 aromatic heterocycles. The van der Waals surface area contributed by atoms with Gasteiger partial charge < -0.3 is 8.98 Å². The Labute approximate surface area is 353 Å². The fourth-order valence-electron chi connectivity index (χ4n) is 9.15. The molecule has 0 aliphatic heterocycles. The number of hydrogen-bond acceptors (Lipinski definition) is 5. The largest absolute Gasteiger partial charge is 0.456 e. The number of fused-ring (bicyclic) bond motifs is 10. The number of furan rings is 1. The third-order valence-electron chi connectivity index (χ3n) is 12.0. The molecule has 0 amide bonds. The van der Waals surface area contributed by atoms with E-state index in [-0.39, 0.29) is 0 Å². The Bertz CT molecular complexity index is 3900. The zero-order chi connectivity index (χ0) is 40.0. The monoisotopic (exact) mass is 796 g/mol. The van der Waals surface area contributed by atoms with Crippen LogP contribution in [0, 0.1) is 0 Å². The molecule has 0 aliphatic rings. The highest BCUT2D eigenvalue weighted by Gasteiger charge is 2.20. The van der Waals surface area contributed by atoms with Gasteiger partial charge in [0.05, 0.1) is 11.0 Å². The van der Waals surface area contributed by atoms with E-state index in [9.17, 15) is 0 Å². The molecule has 6 heteroatoms. The molecule has 5 nitrogen and oxygen atoms in total. The third kappa shape index (κ3) is 5.43. The number of nitrogens with zero attached hydrogens (tertiary/aromatic N) is 4. The molecule has 0 atom stereocenters. The summed E-state index contributed by atoms with van der Waals surface area (Å²) in [6.07, 6.45) is 0. The van der Waals surface area contributed by atoms with Gasteiger partial charge in [0.15, 0.2) is 17.5 Å². The molecule has 0 fully saturated rings. The number of para-hydroxylation sites is 2. The van der Waals surface area contributed by atoms with Gasteiger partial charge in [-0.1, -0.05) is 140 Å². The number of rotatable bonds is 5. The predicted octanol–water partition coefficient (Wildman–Crippen LogP) is 15.1. The molecule has 0 saturated carbocycles. The topological polar surface area (TPSA) is 56.7 Å². The van der Waals surface area contributed by atoms with Crippen molar-refractivity contribution in [1.29, 1.82) is 0 Å². The molecule has 0 saturated heterocycles. The van der Waals surface area contributed by atoms with Crippen molar-refractivity contribution < 1.29 is 4.42 Å². The maximum Gasteiger partial charge on any atom is 0.164 e. The van der Waals surface area contributed by atoms with Crippen molar-refractivity contribution >= 4 is 86.0 Å². The fraction of sp³-hybridized carbons (Fsp3) is 0. The smallest absolute Gasteiger partial charge is 0.164 e. The van der Waals surface area contributed by atoms with E-state index in [1.165, 1.54) is 52.8 Å². The average Bonchev–Trinajstić information content (AvgIpc) is 3.99. The number of aromatic nitrogens is 4. The van der Waals surface area contributed by atoms with Crippen LogP contribution in [0.2, 0.25) is 0 Å². The molecule has 284 valence electrons. The molecular weight excluding hydrogens is 765 g/mol. The summed E-state index contributed by atoms with van der Waals surface area (Å²) >= 11 is 1.85. The van der Waals surface area contributed by atoms with E-state index >= 15 is 0 Å². The maximum atomic E-state index is 6.30. The van der Waals surface area contributed by atoms with Crippen LogP contribution in [-0.2, 0) is 0 Å². The van der Waals surface area contributed by atoms with Crippen molar-refractivity contribution in [3.63, 3.8) is 0 Å². The molecule has 0 radical (unpaired) electrons. The first-order valence-corrected chi connectivity index (χ1v) is 21.2. The number of thiophene rings is 1. The van der Waals surface area contributed by atoms with Gasteiger partial charge in [0, 0.05) is 69.7 Å². The lowest BCUT2D eigenvalue weighted by Crippen LogP contribution is -2.01. The van der Waals surface area contributed by atoms with Crippen molar-refractivity contribution in [3.8, 4) is 51.0 Å². The van der Waals surface area contributed by atoms with Gasteiger partial charge in [-0.25, -0.2) is 15.0 Å². The lowest BCUT2D eigenvalue weighted by atomic mass is 10.00. The highest BCUT2D eigenvalue weighted by Crippen LogP contribution is 2.43. The summed E-state index contributed by atoms with van der Waals surface area (Å²) in [5.74, 6) is 1.79. The molecule has 0 bridgehead atoms. The summed E-state index contributed by atoms with van der Waals surface area (Å²) in [5.41, 5.74) is 10.0. The first-order valence-electron chi connectivity index (χ1n) is 20.4. The van der Waals surface area contributed by atoms with Gasteiger partial charge in [-0.15, -0.1) is 11.3 Å². The highest BCUT2D eigenvalue weighted by atomic mass is 32.1. The Hall–Kier alpha value is -7.93. The van der Waals surface area contributed by atoms with Crippen molar-refractivity contribution in [2.75, 3.05) is 0 Å². The zero-order valence-electron chi connectivity index (χ0n) is 32.6. The number of hydrogen-bond donors (Lipinski definition) is 0. The predicted molar refractivity (Wildman–Crippen MR) is 254 cm³/mol. The van der Waals surface area contributed by atoms with Gasteiger partial charge in [0.1, 0.15) is 11.2 Å². The Balaban J connectivity index is 1.03. The second-order valence-corrected chi connectivity index (χ2v) is 16.7. The minimum absolute atomic E-state index is 0.582. The van der Waals surface area contributed by atoms with Crippen LogP contribution >= 0.6 is 11.3 Å². The number of benzene rings is 9. The van der Waals surface area contributed by atoms with Crippen LogP contribution in [0.4, 0.5) is 0 Å². The van der Waals surface area contributed by atoms with Gasteiger partial charge in [-0.05, 0) is 70.9 Å². The van der Waals surface area contributed by atoms with Crippen molar-refractivity contribution in [1.82, 2.24) is 19.5 Å². The average molecular weight is 797 g/mol. The molecule has 4 heterocycles. The second kappa shape index (κ2) is 13.3. The van der Waals surface area contributed by atoms with E-state index in [0.717, 1.165) is 55.3 Å². The van der Waals surface area contributed by atoms with E-state index in [1.54, 1.807) is 0 Å². The van der Waals surface area contributed by atoms with Crippen LogP contribution in [-0.4, -0.2) is 19.5 Å². The molecule has 0 spiro atoms. The molecular formula is C55H32N4OS. The summed E-state index contributed by atoms with van der Waals surface area (Å²) in [6, 6.07) is 68.8. The molecule has 0 N–H and O–H groups in total. The summed E-state index contributed by atoms with van der Waals surface area (Å²) in [4.78, 5) is 15.4. The van der Waals surface area contributed by atoms with Crippen LogP contribution in [0.5, 0.6) is 0 Å². The van der Waals surface area contributed by atoms with Gasteiger partial charge in [-0.2, -0.15) is 0 Å². The Kier molecular flexibility index (Phi) is 7.41. The molecule has 0 aliphatic carbocycles.